The Balaban J connectivity index is 2.69. The zero-order valence-corrected chi connectivity index (χ0v) is 13.5. The highest BCUT2D eigenvalue weighted by atomic mass is 35.5. The molecule has 1 aromatic rings. The van der Waals surface area contributed by atoms with E-state index in [0.717, 1.165) is 0 Å². The molecular weight excluding hydrogens is 298 g/mol. The van der Waals surface area contributed by atoms with Crippen LogP contribution in [-0.2, 0) is 10.8 Å². The molecular formula is C13H20ClN3O2S. The van der Waals surface area contributed by atoms with Gasteiger partial charge in [-0.25, -0.2) is 4.98 Å². The molecule has 0 saturated heterocycles. The SMILES string of the molecule is CCNc1cc(C(=O)NC(C)CCS(C)=O)cc(Cl)n1. The minimum absolute atomic E-state index is 0.0408. The van der Waals surface area contributed by atoms with Crippen LogP contribution < -0.4 is 10.6 Å². The fraction of sp³-hybridized carbons (Fsp3) is 0.538. The molecule has 1 amide bonds. The summed E-state index contributed by atoms with van der Waals surface area (Å²) in [5.41, 5.74) is 0.463. The van der Waals surface area contributed by atoms with E-state index in [9.17, 15) is 9.00 Å². The molecule has 0 saturated carbocycles. The van der Waals surface area contributed by atoms with Gasteiger partial charge in [-0.3, -0.25) is 9.00 Å². The first-order valence-corrected chi connectivity index (χ1v) is 8.55. The van der Waals surface area contributed by atoms with Crippen LogP contribution in [0.15, 0.2) is 12.1 Å². The van der Waals surface area contributed by atoms with Crippen molar-refractivity contribution < 1.29 is 9.00 Å². The number of pyridine rings is 1. The van der Waals surface area contributed by atoms with Crippen molar-refractivity contribution in [2.75, 3.05) is 23.9 Å². The number of amides is 1. The van der Waals surface area contributed by atoms with Crippen LogP contribution in [0.1, 0.15) is 30.6 Å². The van der Waals surface area contributed by atoms with Crippen molar-refractivity contribution in [2.45, 2.75) is 26.3 Å². The first-order chi connectivity index (χ1) is 9.42. The number of anilines is 1. The summed E-state index contributed by atoms with van der Waals surface area (Å²) in [4.78, 5) is 16.2. The van der Waals surface area contributed by atoms with Gasteiger partial charge in [0.05, 0.1) is 0 Å². The summed E-state index contributed by atoms with van der Waals surface area (Å²) in [6.45, 7) is 4.53. The first kappa shape index (κ1) is 16.9. The predicted molar refractivity (Wildman–Crippen MR) is 83.9 cm³/mol. The summed E-state index contributed by atoms with van der Waals surface area (Å²) in [5.74, 6) is 0.941. The average Bonchev–Trinajstić information content (AvgIpc) is 2.36. The van der Waals surface area contributed by atoms with Crippen molar-refractivity contribution in [3.05, 3.63) is 22.8 Å². The molecule has 1 rings (SSSR count). The van der Waals surface area contributed by atoms with Crippen LogP contribution in [0.3, 0.4) is 0 Å². The third-order valence-electron chi connectivity index (χ3n) is 2.63. The van der Waals surface area contributed by atoms with E-state index >= 15 is 0 Å². The number of nitrogens with one attached hydrogen (secondary N) is 2. The average molecular weight is 318 g/mol. The highest BCUT2D eigenvalue weighted by Crippen LogP contribution is 2.14. The predicted octanol–water partition coefficient (Wildman–Crippen LogP) is 2.05. The minimum atomic E-state index is -0.848. The Bertz CT molecular complexity index is 497. The Hall–Kier alpha value is -1.14. The molecule has 1 heterocycles. The van der Waals surface area contributed by atoms with Crippen LogP contribution in [0.2, 0.25) is 5.15 Å². The Morgan fingerprint density at radius 2 is 2.20 bits per heavy atom. The van der Waals surface area contributed by atoms with Gasteiger partial charge in [0.1, 0.15) is 11.0 Å². The van der Waals surface area contributed by atoms with Gasteiger partial charge in [0, 0.05) is 41.0 Å². The number of aromatic nitrogens is 1. The molecule has 0 fully saturated rings. The van der Waals surface area contributed by atoms with Crippen LogP contribution in [0.4, 0.5) is 5.82 Å². The number of hydrogen-bond acceptors (Lipinski definition) is 4. The lowest BCUT2D eigenvalue weighted by Crippen LogP contribution is -2.33. The molecule has 0 spiro atoms. The van der Waals surface area contributed by atoms with Gasteiger partial charge < -0.3 is 10.6 Å². The van der Waals surface area contributed by atoms with Crippen LogP contribution in [0, 0.1) is 0 Å². The maximum atomic E-state index is 12.1. The van der Waals surface area contributed by atoms with Gasteiger partial charge in [-0.05, 0) is 32.4 Å². The molecule has 0 aromatic carbocycles. The molecule has 2 unspecified atom stereocenters. The van der Waals surface area contributed by atoms with Gasteiger partial charge in [0.15, 0.2) is 0 Å². The Labute approximate surface area is 127 Å². The lowest BCUT2D eigenvalue weighted by atomic mass is 10.2. The number of halogens is 1. The van der Waals surface area contributed by atoms with E-state index in [1.165, 1.54) is 6.07 Å². The Kier molecular flexibility index (Phi) is 6.95. The standard InChI is InChI=1S/C13H20ClN3O2S/c1-4-15-12-8-10(7-11(14)17-12)13(18)16-9(2)5-6-20(3)19/h7-9H,4-6H2,1-3H3,(H,15,17)(H,16,18). The van der Waals surface area contributed by atoms with Crippen molar-refractivity contribution >= 4 is 34.1 Å². The zero-order valence-electron chi connectivity index (χ0n) is 11.9. The number of nitrogens with zero attached hydrogens (tertiary/aromatic N) is 1. The van der Waals surface area contributed by atoms with E-state index < -0.39 is 10.8 Å². The lowest BCUT2D eigenvalue weighted by molar-refractivity contribution is 0.0939. The number of carbonyl (C=O) groups excluding carboxylic acids is 1. The molecule has 0 radical (unpaired) electrons. The number of hydrogen-bond donors (Lipinski definition) is 2. The third-order valence-corrected chi connectivity index (χ3v) is 3.63. The van der Waals surface area contributed by atoms with Crippen molar-refractivity contribution in [3.63, 3.8) is 0 Å². The normalized spacial score (nSPS) is 13.6. The van der Waals surface area contributed by atoms with E-state index in [4.69, 9.17) is 11.6 Å². The molecule has 7 heteroatoms. The quantitative estimate of drug-likeness (QED) is 0.755. The molecule has 1 aromatic heterocycles. The molecule has 2 atom stereocenters. The molecule has 0 aliphatic heterocycles. The van der Waals surface area contributed by atoms with Crippen LogP contribution in [0.5, 0.6) is 0 Å². The van der Waals surface area contributed by atoms with E-state index in [1.807, 2.05) is 13.8 Å². The van der Waals surface area contributed by atoms with Gasteiger partial charge in [-0.1, -0.05) is 11.6 Å². The lowest BCUT2D eigenvalue weighted by Gasteiger charge is -2.14. The van der Waals surface area contributed by atoms with Gasteiger partial charge in [0.2, 0.25) is 0 Å². The van der Waals surface area contributed by atoms with Gasteiger partial charge >= 0.3 is 0 Å². The van der Waals surface area contributed by atoms with E-state index in [1.54, 1.807) is 12.3 Å². The molecule has 20 heavy (non-hydrogen) atoms. The molecule has 0 aliphatic rings. The van der Waals surface area contributed by atoms with E-state index in [-0.39, 0.29) is 17.1 Å². The largest absolute Gasteiger partial charge is 0.370 e. The highest BCUT2D eigenvalue weighted by Gasteiger charge is 2.12. The zero-order chi connectivity index (χ0) is 15.1. The summed E-state index contributed by atoms with van der Waals surface area (Å²) in [5, 5.41) is 6.16. The molecule has 112 valence electrons. The highest BCUT2D eigenvalue weighted by molar-refractivity contribution is 7.84. The topological polar surface area (TPSA) is 71.1 Å². The van der Waals surface area contributed by atoms with Crippen LogP contribution in [-0.4, -0.2) is 39.7 Å². The Morgan fingerprint density at radius 3 is 2.80 bits per heavy atom. The van der Waals surface area contributed by atoms with Crippen molar-refractivity contribution in [3.8, 4) is 0 Å². The van der Waals surface area contributed by atoms with Gasteiger partial charge in [-0.2, -0.15) is 0 Å². The maximum Gasteiger partial charge on any atom is 0.251 e. The molecule has 5 nitrogen and oxygen atoms in total. The molecule has 0 bridgehead atoms. The third kappa shape index (κ3) is 5.88. The van der Waals surface area contributed by atoms with E-state index in [2.05, 4.69) is 15.6 Å². The summed E-state index contributed by atoms with van der Waals surface area (Å²) in [6.07, 6.45) is 2.33. The van der Waals surface area contributed by atoms with Crippen molar-refractivity contribution in [1.29, 1.82) is 0 Å². The van der Waals surface area contributed by atoms with Gasteiger partial charge in [0.25, 0.3) is 5.91 Å². The summed E-state index contributed by atoms with van der Waals surface area (Å²) in [6, 6.07) is 3.15. The fourth-order valence-corrected chi connectivity index (χ4v) is 2.52. The first-order valence-electron chi connectivity index (χ1n) is 6.44. The minimum Gasteiger partial charge on any atom is -0.370 e. The second-order valence-corrected chi connectivity index (χ2v) is 6.48. The molecule has 0 aliphatic carbocycles. The van der Waals surface area contributed by atoms with Crippen LogP contribution in [0.25, 0.3) is 0 Å². The van der Waals surface area contributed by atoms with Gasteiger partial charge in [-0.15, -0.1) is 0 Å². The van der Waals surface area contributed by atoms with Crippen molar-refractivity contribution in [2.24, 2.45) is 0 Å². The smallest absolute Gasteiger partial charge is 0.251 e. The number of rotatable bonds is 7. The Morgan fingerprint density at radius 1 is 1.50 bits per heavy atom. The monoisotopic (exact) mass is 317 g/mol. The maximum absolute atomic E-state index is 12.1. The van der Waals surface area contributed by atoms with Crippen LogP contribution >= 0.6 is 11.6 Å². The summed E-state index contributed by atoms with van der Waals surface area (Å²) >= 11 is 5.90. The summed E-state index contributed by atoms with van der Waals surface area (Å²) in [7, 11) is -0.848. The second-order valence-electron chi connectivity index (χ2n) is 4.53. The summed E-state index contributed by atoms with van der Waals surface area (Å²) < 4.78 is 11.0. The molecule has 2 N–H and O–H groups in total. The fourth-order valence-electron chi connectivity index (χ4n) is 1.62. The van der Waals surface area contributed by atoms with Crippen molar-refractivity contribution in [1.82, 2.24) is 10.3 Å². The second kappa shape index (κ2) is 8.21. The van der Waals surface area contributed by atoms with E-state index in [0.29, 0.717) is 30.1 Å². The number of carbonyl (C=O) groups is 1.